The van der Waals surface area contributed by atoms with Crippen LogP contribution in [0.5, 0.6) is 0 Å². The van der Waals surface area contributed by atoms with Crippen molar-refractivity contribution >= 4 is 10.0 Å². The van der Waals surface area contributed by atoms with Gasteiger partial charge in [0.15, 0.2) is 0 Å². The number of aryl methyl sites for hydroxylation is 1. The van der Waals surface area contributed by atoms with Crippen LogP contribution >= 0.6 is 0 Å². The number of nitrogens with one attached hydrogen (secondary N) is 1. The van der Waals surface area contributed by atoms with Crippen molar-refractivity contribution in [3.63, 3.8) is 0 Å². The molecule has 20 heavy (non-hydrogen) atoms. The Hall–Kier alpha value is -0.850. The van der Waals surface area contributed by atoms with Crippen LogP contribution < -0.4 is 5.32 Å². The van der Waals surface area contributed by atoms with Crippen molar-refractivity contribution in [1.29, 1.82) is 0 Å². The summed E-state index contributed by atoms with van der Waals surface area (Å²) >= 11 is 0. The van der Waals surface area contributed by atoms with Gasteiger partial charge in [0.1, 0.15) is 0 Å². The third-order valence-corrected chi connectivity index (χ3v) is 6.10. The summed E-state index contributed by atoms with van der Waals surface area (Å²) in [5, 5.41) is 3.37. The first-order valence-electron chi connectivity index (χ1n) is 7.42. The van der Waals surface area contributed by atoms with Crippen LogP contribution in [0, 0.1) is 5.92 Å². The van der Waals surface area contributed by atoms with Gasteiger partial charge in [0.05, 0.1) is 4.90 Å². The average Bonchev–Trinajstić information content (AvgIpc) is 3.17. The quantitative estimate of drug-likeness (QED) is 0.888. The van der Waals surface area contributed by atoms with Crippen LogP contribution in [0.2, 0.25) is 0 Å². The Morgan fingerprint density at radius 2 is 2.20 bits per heavy atom. The van der Waals surface area contributed by atoms with E-state index < -0.39 is 10.0 Å². The first-order chi connectivity index (χ1) is 9.57. The second-order valence-corrected chi connectivity index (χ2v) is 7.92. The molecule has 1 atom stereocenters. The predicted molar refractivity (Wildman–Crippen MR) is 77.9 cm³/mol. The van der Waals surface area contributed by atoms with Gasteiger partial charge in [-0.2, -0.15) is 4.31 Å². The smallest absolute Gasteiger partial charge is 0.244 e. The highest BCUT2D eigenvalue weighted by Crippen LogP contribution is 2.33. The third kappa shape index (κ3) is 2.92. The predicted octanol–water partition coefficient (Wildman–Crippen LogP) is 1.18. The van der Waals surface area contributed by atoms with Gasteiger partial charge in [-0.25, -0.2) is 8.42 Å². The molecule has 1 aliphatic carbocycles. The van der Waals surface area contributed by atoms with Crippen LogP contribution in [0.1, 0.15) is 25.7 Å². The minimum Gasteiger partial charge on any atom is -0.356 e. The molecule has 0 radical (unpaired) electrons. The van der Waals surface area contributed by atoms with Crippen LogP contribution in [0.15, 0.2) is 23.4 Å². The van der Waals surface area contributed by atoms with E-state index in [1.165, 1.54) is 0 Å². The van der Waals surface area contributed by atoms with Crippen LogP contribution in [0.25, 0.3) is 0 Å². The van der Waals surface area contributed by atoms with E-state index in [2.05, 4.69) is 5.32 Å². The molecular formula is C14H23N3O2S. The van der Waals surface area contributed by atoms with Gasteiger partial charge in [-0.15, -0.1) is 0 Å². The normalized spacial score (nSPS) is 24.2. The lowest BCUT2D eigenvalue weighted by atomic mass is 10.00. The molecule has 1 N–H and O–H groups in total. The summed E-state index contributed by atoms with van der Waals surface area (Å²) in [7, 11) is -1.48. The molecule has 1 saturated heterocycles. The lowest BCUT2D eigenvalue weighted by Gasteiger charge is -2.29. The second kappa shape index (κ2) is 5.50. The van der Waals surface area contributed by atoms with Gasteiger partial charge in [-0.3, -0.25) is 0 Å². The van der Waals surface area contributed by atoms with Gasteiger partial charge in [-0.05, 0) is 50.8 Å². The molecular weight excluding hydrogens is 274 g/mol. The Labute approximate surface area is 121 Å². The molecule has 1 aromatic heterocycles. The van der Waals surface area contributed by atoms with Crippen molar-refractivity contribution < 1.29 is 8.42 Å². The molecule has 3 rings (SSSR count). The lowest BCUT2D eigenvalue weighted by Crippen LogP contribution is -2.42. The number of piperidine rings is 1. The van der Waals surface area contributed by atoms with Crippen LogP contribution in [-0.4, -0.2) is 43.0 Å². The lowest BCUT2D eigenvalue weighted by molar-refractivity contribution is 0.287. The Bertz CT molecular complexity index is 557. The first kappa shape index (κ1) is 14.1. The summed E-state index contributed by atoms with van der Waals surface area (Å²) in [4.78, 5) is 0.427. The zero-order chi connectivity index (χ0) is 14.2. The van der Waals surface area contributed by atoms with Crippen molar-refractivity contribution in [3.05, 3.63) is 18.5 Å². The molecule has 2 fully saturated rings. The van der Waals surface area contributed by atoms with Gasteiger partial charge >= 0.3 is 0 Å². The summed E-state index contributed by atoms with van der Waals surface area (Å²) in [6.45, 7) is 2.66. The molecule has 1 aromatic rings. The highest BCUT2D eigenvalue weighted by Gasteiger charge is 2.39. The number of aromatic nitrogens is 1. The fourth-order valence-electron chi connectivity index (χ4n) is 2.91. The maximum atomic E-state index is 12.8. The minimum atomic E-state index is -3.33. The fourth-order valence-corrected chi connectivity index (χ4v) is 4.72. The Morgan fingerprint density at radius 1 is 1.40 bits per heavy atom. The molecule has 112 valence electrons. The summed E-state index contributed by atoms with van der Waals surface area (Å²) in [5.74, 6) is 0.447. The molecule has 1 saturated carbocycles. The molecule has 6 heteroatoms. The van der Waals surface area contributed by atoms with Crippen LogP contribution in [0.3, 0.4) is 0 Å². The van der Waals surface area contributed by atoms with Gasteiger partial charge in [0, 0.05) is 32.0 Å². The second-order valence-electron chi connectivity index (χ2n) is 6.03. The van der Waals surface area contributed by atoms with Crippen LogP contribution in [0.4, 0.5) is 0 Å². The van der Waals surface area contributed by atoms with Crippen molar-refractivity contribution in [3.8, 4) is 0 Å². The van der Waals surface area contributed by atoms with Gasteiger partial charge in [0.2, 0.25) is 10.0 Å². The summed E-state index contributed by atoms with van der Waals surface area (Å²) in [6, 6.07) is 1.92. The average molecular weight is 297 g/mol. The molecule has 5 nitrogen and oxygen atoms in total. The highest BCUT2D eigenvalue weighted by molar-refractivity contribution is 7.89. The van der Waals surface area contributed by atoms with Crippen molar-refractivity contribution in [2.75, 3.05) is 19.6 Å². The molecule has 1 unspecified atom stereocenters. The topological polar surface area (TPSA) is 54.3 Å². The summed E-state index contributed by atoms with van der Waals surface area (Å²) in [6.07, 6.45) is 7.78. The molecule has 1 aliphatic heterocycles. The van der Waals surface area contributed by atoms with E-state index in [0.717, 1.165) is 38.8 Å². The van der Waals surface area contributed by atoms with Gasteiger partial charge in [-0.1, -0.05) is 0 Å². The minimum absolute atomic E-state index is 0.224. The maximum Gasteiger partial charge on any atom is 0.244 e. The van der Waals surface area contributed by atoms with E-state index in [4.69, 9.17) is 0 Å². The van der Waals surface area contributed by atoms with Gasteiger partial charge in [0.25, 0.3) is 0 Å². The van der Waals surface area contributed by atoms with Crippen molar-refractivity contribution in [2.45, 2.75) is 36.6 Å². The maximum absolute atomic E-state index is 12.8. The molecule has 0 spiro atoms. The Morgan fingerprint density at radius 3 is 2.75 bits per heavy atom. The SMILES string of the molecule is Cn1ccc(S(=O)(=O)N(CC2CCCNC2)C2CC2)c1. The van der Waals surface area contributed by atoms with Gasteiger partial charge < -0.3 is 9.88 Å². The zero-order valence-corrected chi connectivity index (χ0v) is 12.8. The standard InChI is InChI=1S/C14H23N3O2S/c1-16-8-6-14(11-16)20(18,19)17(13-4-5-13)10-12-3-2-7-15-9-12/h6,8,11-13,15H,2-5,7,9-10H2,1H3. The summed E-state index contributed by atoms with van der Waals surface area (Å²) in [5.41, 5.74) is 0. The first-order valence-corrected chi connectivity index (χ1v) is 8.86. The third-order valence-electron chi connectivity index (χ3n) is 4.20. The molecule has 2 heterocycles. The van der Waals surface area contributed by atoms with E-state index in [1.807, 2.05) is 7.05 Å². The number of hydrogen-bond acceptors (Lipinski definition) is 3. The number of rotatable bonds is 5. The van der Waals surface area contributed by atoms with E-state index in [0.29, 0.717) is 17.4 Å². The monoisotopic (exact) mass is 297 g/mol. The summed E-state index contributed by atoms with van der Waals surface area (Å²) < 4.78 is 29.1. The van der Waals surface area contributed by atoms with E-state index in [9.17, 15) is 8.42 Å². The Kier molecular flexibility index (Phi) is 3.88. The molecule has 0 amide bonds. The number of sulfonamides is 1. The fraction of sp³-hybridized carbons (Fsp3) is 0.714. The van der Waals surface area contributed by atoms with E-state index in [-0.39, 0.29) is 6.04 Å². The van der Waals surface area contributed by atoms with Crippen molar-refractivity contribution in [1.82, 2.24) is 14.2 Å². The molecule has 0 aromatic carbocycles. The van der Waals surface area contributed by atoms with Crippen LogP contribution in [-0.2, 0) is 17.1 Å². The van der Waals surface area contributed by atoms with E-state index in [1.54, 1.807) is 27.3 Å². The zero-order valence-electron chi connectivity index (χ0n) is 12.0. The Balaban J connectivity index is 1.79. The van der Waals surface area contributed by atoms with E-state index >= 15 is 0 Å². The molecule has 0 bridgehead atoms. The number of nitrogens with zero attached hydrogens (tertiary/aromatic N) is 2. The largest absolute Gasteiger partial charge is 0.356 e. The number of hydrogen-bond donors (Lipinski definition) is 1. The van der Waals surface area contributed by atoms with Crippen molar-refractivity contribution in [2.24, 2.45) is 13.0 Å². The highest BCUT2D eigenvalue weighted by atomic mass is 32.2. The molecule has 2 aliphatic rings.